The van der Waals surface area contributed by atoms with Crippen molar-refractivity contribution in [3.05, 3.63) is 61.2 Å². The van der Waals surface area contributed by atoms with Crippen molar-refractivity contribution in [3.63, 3.8) is 0 Å². The fourth-order valence-electron chi connectivity index (χ4n) is 6.43. The molecule has 0 aliphatic carbocycles. The summed E-state index contributed by atoms with van der Waals surface area (Å²) in [7, 11) is 0. The molecular formula is C33H42N4O6S2. The van der Waals surface area contributed by atoms with Crippen LogP contribution in [0.15, 0.2) is 16.8 Å². The highest BCUT2D eigenvalue weighted by Crippen LogP contribution is 2.34. The largest absolute Gasteiger partial charge is 0.481 e. The number of nitrogens with one attached hydrogen (secondary N) is 4. The molecule has 4 rings (SSSR count). The summed E-state index contributed by atoms with van der Waals surface area (Å²) in [6.45, 7) is 11.4. The zero-order valence-electron chi connectivity index (χ0n) is 26.4. The molecular weight excluding hydrogens is 613 g/mol. The van der Waals surface area contributed by atoms with Gasteiger partial charge >= 0.3 is 11.9 Å². The van der Waals surface area contributed by atoms with Gasteiger partial charge in [0.25, 0.3) is 0 Å². The van der Waals surface area contributed by atoms with Crippen LogP contribution in [0.1, 0.15) is 74.2 Å². The Kier molecular flexibility index (Phi) is 10.5. The molecule has 0 aromatic carbocycles. The second kappa shape index (κ2) is 13.8. The van der Waals surface area contributed by atoms with Gasteiger partial charge in [0, 0.05) is 68.5 Å². The van der Waals surface area contributed by atoms with Crippen LogP contribution >= 0.6 is 25.3 Å². The smallest absolute Gasteiger partial charge is 0.303 e. The summed E-state index contributed by atoms with van der Waals surface area (Å²) in [5.74, 6) is -2.41. The minimum absolute atomic E-state index is 0.0672. The van der Waals surface area contributed by atoms with Gasteiger partial charge in [0.05, 0.1) is 6.04 Å². The number of H-pyrrole nitrogens is 2. The number of carbonyl (C=O) groups is 4. The van der Waals surface area contributed by atoms with Gasteiger partial charge in [-0.2, -0.15) is 25.3 Å². The van der Waals surface area contributed by atoms with Crippen molar-refractivity contribution in [3.8, 4) is 0 Å². The second-order valence-corrected chi connectivity index (χ2v) is 13.7. The fourth-order valence-corrected chi connectivity index (χ4v) is 7.17. The number of rotatable bonds is 11. The van der Waals surface area contributed by atoms with E-state index in [1.165, 1.54) is 0 Å². The van der Waals surface area contributed by atoms with E-state index >= 15 is 0 Å². The number of allylic oxidation sites excluding steroid dienone is 1. The Labute approximate surface area is 273 Å². The van der Waals surface area contributed by atoms with Gasteiger partial charge in [-0.15, -0.1) is 0 Å². The standard InChI is InChI=1S/C33H42N4O6S2/c1-14-20(7-9-28(38)39)25(34-22(14)11-24-16(3)31(19(6)45)33(43)36-24)13-26-21(8-10-29(40)41)15(2)23(35-26)12-27-30(18(5)44)17(4)32(42)37-27/h11-13,17-19,24,30,34-35,44-45H,7-10H2,1-6H3,(H,36,43)(H,37,42)(H,38,39)(H,40,41)/b22-11-,25-13-,27-12-/t17-,18+,19-,24-,30+/m1/s1. The molecule has 2 amide bonds. The average Bonchev–Trinajstić information content (AvgIpc) is 3.59. The first-order chi connectivity index (χ1) is 21.1. The van der Waals surface area contributed by atoms with Crippen LogP contribution in [0.25, 0.3) is 18.2 Å². The van der Waals surface area contributed by atoms with Crippen LogP contribution in [-0.4, -0.2) is 60.5 Å². The van der Waals surface area contributed by atoms with Crippen molar-refractivity contribution in [1.29, 1.82) is 0 Å². The van der Waals surface area contributed by atoms with Crippen LogP contribution in [-0.2, 0) is 32.0 Å². The number of carboxylic acid groups (broad SMARTS) is 2. The van der Waals surface area contributed by atoms with Gasteiger partial charge in [-0.25, -0.2) is 0 Å². The van der Waals surface area contributed by atoms with E-state index in [1.807, 2.05) is 59.8 Å². The summed E-state index contributed by atoms with van der Waals surface area (Å²) >= 11 is 9.08. The maximum atomic E-state index is 12.6. The Bertz CT molecular complexity index is 1730. The van der Waals surface area contributed by atoms with E-state index in [2.05, 4.69) is 45.9 Å². The third kappa shape index (κ3) is 7.27. The highest BCUT2D eigenvalue weighted by atomic mass is 32.1. The van der Waals surface area contributed by atoms with Gasteiger partial charge < -0.3 is 30.8 Å². The Balaban J connectivity index is 1.89. The first-order valence-corrected chi connectivity index (χ1v) is 16.1. The summed E-state index contributed by atoms with van der Waals surface area (Å²) in [4.78, 5) is 55.1. The number of carbonyl (C=O) groups excluding carboxylic acids is 2. The lowest BCUT2D eigenvalue weighted by Crippen LogP contribution is -2.29. The highest BCUT2D eigenvalue weighted by Gasteiger charge is 2.37. The zero-order valence-corrected chi connectivity index (χ0v) is 28.2. The first-order valence-electron chi connectivity index (χ1n) is 15.1. The van der Waals surface area contributed by atoms with E-state index in [4.69, 9.17) is 0 Å². The summed E-state index contributed by atoms with van der Waals surface area (Å²) in [5.41, 5.74) is 7.05. The molecule has 5 atom stereocenters. The number of thiol groups is 2. The number of amides is 2. The molecule has 10 nitrogen and oxygen atoms in total. The first kappa shape index (κ1) is 34.2. The monoisotopic (exact) mass is 654 g/mol. The number of aromatic nitrogens is 2. The van der Waals surface area contributed by atoms with Crippen LogP contribution in [0.4, 0.5) is 0 Å². The van der Waals surface area contributed by atoms with Gasteiger partial charge in [-0.1, -0.05) is 13.8 Å². The van der Waals surface area contributed by atoms with Gasteiger partial charge in [-0.3, -0.25) is 19.2 Å². The molecule has 1 saturated heterocycles. The molecule has 0 radical (unpaired) electrons. The van der Waals surface area contributed by atoms with E-state index in [0.717, 1.165) is 44.6 Å². The maximum absolute atomic E-state index is 12.6. The SMILES string of the molecule is CC1=C([C@@H](C)S)C(=O)N[C@@H]1/C=c1\[nH]/c(=C\c2[nH]c(/C=C3\NC(=O)[C@H](C)[C@H]3[C@H](C)S)c(C)c2CCC(=O)O)c(CCC(=O)O)c1C. The zero-order chi connectivity index (χ0) is 33.3. The third-order valence-electron chi connectivity index (χ3n) is 8.94. The molecule has 2 aliphatic heterocycles. The molecule has 2 aliphatic rings. The molecule has 0 spiro atoms. The molecule has 0 unspecified atom stereocenters. The molecule has 12 heteroatoms. The quantitative estimate of drug-likeness (QED) is 0.174. The number of hydrogen-bond acceptors (Lipinski definition) is 6. The van der Waals surface area contributed by atoms with Crippen molar-refractivity contribution in [2.24, 2.45) is 11.8 Å². The van der Waals surface area contributed by atoms with Crippen LogP contribution in [0.5, 0.6) is 0 Å². The molecule has 0 bridgehead atoms. The van der Waals surface area contributed by atoms with Crippen LogP contribution in [0, 0.1) is 25.7 Å². The van der Waals surface area contributed by atoms with Gasteiger partial charge in [0.15, 0.2) is 0 Å². The molecule has 4 heterocycles. The van der Waals surface area contributed by atoms with E-state index < -0.39 is 11.9 Å². The Hall–Kier alpha value is -3.64. The van der Waals surface area contributed by atoms with Crippen molar-refractivity contribution in [1.82, 2.24) is 20.6 Å². The number of carboxylic acids is 2. The van der Waals surface area contributed by atoms with Crippen molar-refractivity contribution in [2.75, 3.05) is 0 Å². The minimum Gasteiger partial charge on any atom is -0.481 e. The average molecular weight is 655 g/mol. The van der Waals surface area contributed by atoms with E-state index in [-0.39, 0.29) is 65.9 Å². The van der Waals surface area contributed by atoms with Crippen molar-refractivity contribution < 1.29 is 29.4 Å². The Morgan fingerprint density at radius 3 is 2.07 bits per heavy atom. The minimum atomic E-state index is -0.922. The van der Waals surface area contributed by atoms with Crippen LogP contribution < -0.4 is 21.3 Å². The molecule has 2 aromatic rings. The van der Waals surface area contributed by atoms with Crippen molar-refractivity contribution >= 4 is 67.2 Å². The Morgan fingerprint density at radius 1 is 0.889 bits per heavy atom. The summed E-state index contributed by atoms with van der Waals surface area (Å²) in [6, 6.07) is -0.345. The number of hydrogen-bond donors (Lipinski definition) is 8. The highest BCUT2D eigenvalue weighted by molar-refractivity contribution is 7.81. The second-order valence-electron chi connectivity index (χ2n) is 12.1. The molecule has 6 N–H and O–H groups in total. The molecule has 2 aromatic heterocycles. The summed E-state index contributed by atoms with van der Waals surface area (Å²) in [6.07, 6.45) is 6.11. The molecule has 45 heavy (non-hydrogen) atoms. The van der Waals surface area contributed by atoms with E-state index in [9.17, 15) is 29.4 Å². The van der Waals surface area contributed by atoms with Crippen LogP contribution in [0.3, 0.4) is 0 Å². The topological polar surface area (TPSA) is 164 Å². The fraction of sp³-hybridized carbons (Fsp3) is 0.455. The lowest BCUT2D eigenvalue weighted by Gasteiger charge is -2.17. The predicted octanol–water partition coefficient (Wildman–Crippen LogP) is 2.78. The van der Waals surface area contributed by atoms with Crippen LogP contribution in [0.2, 0.25) is 0 Å². The third-order valence-corrected chi connectivity index (χ3v) is 9.52. The lowest BCUT2D eigenvalue weighted by molar-refractivity contribution is -0.138. The Morgan fingerprint density at radius 2 is 1.51 bits per heavy atom. The lowest BCUT2D eigenvalue weighted by atomic mass is 9.91. The maximum Gasteiger partial charge on any atom is 0.303 e. The van der Waals surface area contributed by atoms with E-state index in [1.54, 1.807) is 0 Å². The van der Waals surface area contributed by atoms with Gasteiger partial charge in [0.1, 0.15) is 0 Å². The number of aliphatic carboxylic acids is 2. The van der Waals surface area contributed by atoms with Gasteiger partial charge in [-0.05, 0) is 86.6 Å². The predicted molar refractivity (Wildman–Crippen MR) is 181 cm³/mol. The molecule has 242 valence electrons. The van der Waals surface area contributed by atoms with Gasteiger partial charge in [0.2, 0.25) is 11.8 Å². The molecule has 1 fully saturated rings. The summed E-state index contributed by atoms with van der Waals surface area (Å²) in [5, 5.41) is 26.1. The molecule has 0 saturated carbocycles. The van der Waals surface area contributed by atoms with E-state index in [0.29, 0.717) is 16.6 Å². The van der Waals surface area contributed by atoms with Crippen molar-refractivity contribution in [2.45, 2.75) is 83.8 Å². The normalized spacial score (nSPS) is 23.2. The number of aromatic amines is 2. The summed E-state index contributed by atoms with van der Waals surface area (Å²) < 4.78 is 0.